The van der Waals surface area contributed by atoms with Gasteiger partial charge in [-0.25, -0.2) is 0 Å². The van der Waals surface area contributed by atoms with Crippen molar-refractivity contribution in [3.63, 3.8) is 0 Å². The van der Waals surface area contributed by atoms with Crippen molar-refractivity contribution in [1.82, 2.24) is 4.90 Å². The van der Waals surface area contributed by atoms with Crippen molar-refractivity contribution in [3.05, 3.63) is 0 Å². The highest BCUT2D eigenvalue weighted by Crippen LogP contribution is 2.40. The number of nitrogens with zero attached hydrogens (tertiary/aromatic N) is 1. The molecule has 2 aliphatic carbocycles. The molecule has 3 heteroatoms. The van der Waals surface area contributed by atoms with Gasteiger partial charge in [0, 0.05) is 19.1 Å². The Balaban J connectivity index is 1.74. The lowest BCUT2D eigenvalue weighted by atomic mass is 9.82. The minimum atomic E-state index is -0.0268. The summed E-state index contributed by atoms with van der Waals surface area (Å²) in [5, 5.41) is 9.29. The Kier molecular flexibility index (Phi) is 3.81. The molecule has 0 bridgehead atoms. The Labute approximate surface area is 105 Å². The Bertz CT molecular complexity index is 261. The summed E-state index contributed by atoms with van der Waals surface area (Å²) in [6.07, 6.45) is 4.49. The maximum absolute atomic E-state index is 9.29. The first-order valence-corrected chi connectivity index (χ1v) is 7.00. The van der Waals surface area contributed by atoms with Gasteiger partial charge in [-0.2, -0.15) is 0 Å². The predicted octanol–water partition coefficient (Wildman–Crippen LogP) is 1.45. The van der Waals surface area contributed by atoms with Crippen molar-refractivity contribution in [2.24, 2.45) is 23.0 Å². The third-order valence-corrected chi connectivity index (χ3v) is 4.90. The molecule has 2 atom stereocenters. The van der Waals surface area contributed by atoms with E-state index in [1.807, 2.05) is 0 Å². The monoisotopic (exact) mass is 240 g/mol. The summed E-state index contributed by atoms with van der Waals surface area (Å²) in [7, 11) is 2.20. The molecule has 2 unspecified atom stereocenters. The molecule has 0 spiro atoms. The highest BCUT2D eigenvalue weighted by atomic mass is 16.3. The van der Waals surface area contributed by atoms with Gasteiger partial charge in [-0.1, -0.05) is 13.8 Å². The van der Waals surface area contributed by atoms with E-state index in [0.29, 0.717) is 23.3 Å². The summed E-state index contributed by atoms with van der Waals surface area (Å²) in [6.45, 7) is 6.83. The van der Waals surface area contributed by atoms with Crippen molar-refractivity contribution in [3.8, 4) is 0 Å². The maximum Gasteiger partial charge on any atom is 0.0546 e. The number of hydrogen-bond acceptors (Lipinski definition) is 3. The molecule has 2 rings (SSSR count). The molecule has 0 aromatic heterocycles. The van der Waals surface area contributed by atoms with Crippen molar-refractivity contribution in [1.29, 1.82) is 0 Å². The minimum absolute atomic E-state index is 0.0268. The summed E-state index contributed by atoms with van der Waals surface area (Å²) in [6, 6.07) is 0.344. The fourth-order valence-electron chi connectivity index (χ4n) is 3.51. The molecule has 0 aliphatic heterocycles. The van der Waals surface area contributed by atoms with Gasteiger partial charge in [0.25, 0.3) is 0 Å². The van der Waals surface area contributed by atoms with E-state index in [9.17, 15) is 5.11 Å². The molecule has 2 saturated carbocycles. The number of aliphatic hydroxyl groups is 1. The van der Waals surface area contributed by atoms with E-state index in [1.54, 1.807) is 0 Å². The largest absolute Gasteiger partial charge is 0.393 e. The van der Waals surface area contributed by atoms with Crippen LogP contribution in [0.4, 0.5) is 0 Å². The average Bonchev–Trinajstić information content (AvgIpc) is 2.43. The first-order valence-electron chi connectivity index (χ1n) is 7.00. The van der Waals surface area contributed by atoms with Crippen LogP contribution in [0.25, 0.3) is 0 Å². The van der Waals surface area contributed by atoms with Crippen LogP contribution in [0.5, 0.6) is 0 Å². The second-order valence-corrected chi connectivity index (χ2v) is 7.03. The van der Waals surface area contributed by atoms with Crippen LogP contribution in [-0.4, -0.2) is 42.3 Å². The zero-order valence-corrected chi connectivity index (χ0v) is 11.5. The van der Waals surface area contributed by atoms with Crippen LogP contribution in [0.15, 0.2) is 0 Å². The fraction of sp³-hybridized carbons (Fsp3) is 1.00. The van der Waals surface area contributed by atoms with Gasteiger partial charge in [0.2, 0.25) is 0 Å². The lowest BCUT2D eigenvalue weighted by Crippen LogP contribution is -2.43. The Morgan fingerprint density at radius 3 is 2.41 bits per heavy atom. The third kappa shape index (κ3) is 3.01. The molecule has 3 nitrogen and oxygen atoms in total. The van der Waals surface area contributed by atoms with Crippen molar-refractivity contribution in [2.45, 2.75) is 51.7 Å². The summed E-state index contributed by atoms with van der Waals surface area (Å²) in [5.41, 5.74) is 6.66. The normalized spacial score (nSPS) is 40.6. The van der Waals surface area contributed by atoms with E-state index in [4.69, 9.17) is 5.73 Å². The van der Waals surface area contributed by atoms with Gasteiger partial charge >= 0.3 is 0 Å². The molecular weight excluding hydrogens is 212 g/mol. The molecule has 2 aliphatic rings. The van der Waals surface area contributed by atoms with Gasteiger partial charge in [0.05, 0.1) is 6.10 Å². The number of rotatable bonds is 4. The molecular formula is C14H28N2O. The molecule has 2 fully saturated rings. The van der Waals surface area contributed by atoms with Crippen LogP contribution < -0.4 is 5.73 Å². The highest BCUT2D eigenvalue weighted by Gasteiger charge is 2.39. The Morgan fingerprint density at radius 2 is 1.94 bits per heavy atom. The Morgan fingerprint density at radius 1 is 1.29 bits per heavy atom. The lowest BCUT2D eigenvalue weighted by Gasteiger charge is -2.36. The molecule has 0 heterocycles. The Hall–Kier alpha value is -0.120. The average molecular weight is 240 g/mol. The van der Waals surface area contributed by atoms with Crippen LogP contribution >= 0.6 is 0 Å². The van der Waals surface area contributed by atoms with Crippen molar-refractivity contribution < 1.29 is 5.11 Å². The first-order chi connectivity index (χ1) is 7.88. The van der Waals surface area contributed by atoms with E-state index in [2.05, 4.69) is 25.8 Å². The van der Waals surface area contributed by atoms with E-state index in [-0.39, 0.29) is 6.10 Å². The molecule has 0 radical (unpaired) electrons. The molecule has 0 saturated heterocycles. The SMILES string of the molecule is CN(CC1CC(O)C1)CC1CCC(C)(C)C1N. The number of aliphatic hydroxyl groups excluding tert-OH is 1. The van der Waals surface area contributed by atoms with Crippen LogP contribution in [-0.2, 0) is 0 Å². The van der Waals surface area contributed by atoms with Crippen LogP contribution in [0.3, 0.4) is 0 Å². The molecule has 0 aromatic carbocycles. The van der Waals surface area contributed by atoms with Crippen LogP contribution in [0.1, 0.15) is 39.5 Å². The third-order valence-electron chi connectivity index (χ3n) is 4.90. The van der Waals surface area contributed by atoms with Crippen molar-refractivity contribution >= 4 is 0 Å². The quantitative estimate of drug-likeness (QED) is 0.782. The lowest BCUT2D eigenvalue weighted by molar-refractivity contribution is 0.0259. The zero-order valence-electron chi connectivity index (χ0n) is 11.5. The summed E-state index contributed by atoms with van der Waals surface area (Å²) < 4.78 is 0. The van der Waals surface area contributed by atoms with E-state index in [1.165, 1.54) is 12.8 Å². The van der Waals surface area contributed by atoms with Crippen molar-refractivity contribution in [2.75, 3.05) is 20.1 Å². The van der Waals surface area contributed by atoms with Crippen LogP contribution in [0, 0.1) is 17.3 Å². The zero-order chi connectivity index (χ0) is 12.6. The second-order valence-electron chi connectivity index (χ2n) is 7.03. The second kappa shape index (κ2) is 4.87. The van der Waals surface area contributed by atoms with Gasteiger partial charge in [-0.15, -0.1) is 0 Å². The molecule has 3 N–H and O–H groups in total. The van der Waals surface area contributed by atoms with Gasteiger partial charge in [-0.3, -0.25) is 0 Å². The molecule has 17 heavy (non-hydrogen) atoms. The van der Waals surface area contributed by atoms with Gasteiger partial charge in [-0.05, 0) is 50.0 Å². The van der Waals surface area contributed by atoms with E-state index < -0.39 is 0 Å². The van der Waals surface area contributed by atoms with Gasteiger partial charge in [0.15, 0.2) is 0 Å². The summed E-state index contributed by atoms with van der Waals surface area (Å²) >= 11 is 0. The van der Waals surface area contributed by atoms with E-state index >= 15 is 0 Å². The standard InChI is InChI=1S/C14H28N2O/c1-14(2)5-4-11(13(14)15)9-16(3)8-10-6-12(17)7-10/h10-13,17H,4-9,15H2,1-3H3. The summed E-state index contributed by atoms with van der Waals surface area (Å²) in [4.78, 5) is 2.42. The number of nitrogens with two attached hydrogens (primary N) is 1. The fourth-order valence-corrected chi connectivity index (χ4v) is 3.51. The summed E-state index contributed by atoms with van der Waals surface area (Å²) in [5.74, 6) is 1.36. The molecule has 0 amide bonds. The predicted molar refractivity (Wildman–Crippen MR) is 70.7 cm³/mol. The van der Waals surface area contributed by atoms with Gasteiger partial charge in [0.1, 0.15) is 0 Å². The molecule has 100 valence electrons. The van der Waals surface area contributed by atoms with Gasteiger partial charge < -0.3 is 15.7 Å². The van der Waals surface area contributed by atoms with Crippen LogP contribution in [0.2, 0.25) is 0 Å². The molecule has 0 aromatic rings. The minimum Gasteiger partial charge on any atom is -0.393 e. The topological polar surface area (TPSA) is 49.5 Å². The maximum atomic E-state index is 9.29. The highest BCUT2D eigenvalue weighted by molar-refractivity contribution is 4.95. The smallest absolute Gasteiger partial charge is 0.0546 e. The number of hydrogen-bond donors (Lipinski definition) is 2. The first kappa shape index (κ1) is 13.3. The van der Waals surface area contributed by atoms with E-state index in [0.717, 1.165) is 25.9 Å².